The van der Waals surface area contributed by atoms with Crippen LogP contribution in [0.3, 0.4) is 0 Å². The first-order valence-corrected chi connectivity index (χ1v) is 9.83. The van der Waals surface area contributed by atoms with Gasteiger partial charge in [-0.3, -0.25) is 4.99 Å². The van der Waals surface area contributed by atoms with Crippen molar-refractivity contribution in [3.63, 3.8) is 0 Å². The maximum absolute atomic E-state index is 11.6. The molecule has 0 rings (SSSR count). The van der Waals surface area contributed by atoms with E-state index in [1.54, 1.807) is 21.0 Å². The largest absolute Gasteiger partial charge is 0.356 e. The summed E-state index contributed by atoms with van der Waals surface area (Å²) in [6.07, 6.45) is 4.37. The van der Waals surface area contributed by atoms with Gasteiger partial charge < -0.3 is 10.6 Å². The van der Waals surface area contributed by atoms with Crippen LogP contribution in [0.25, 0.3) is 0 Å². The van der Waals surface area contributed by atoms with Crippen LogP contribution < -0.4 is 10.6 Å². The van der Waals surface area contributed by atoms with Crippen LogP contribution in [0.2, 0.25) is 0 Å². The zero-order valence-electron chi connectivity index (χ0n) is 14.9. The van der Waals surface area contributed by atoms with Gasteiger partial charge in [0.05, 0.1) is 5.75 Å². The molecule has 0 unspecified atom stereocenters. The Morgan fingerprint density at radius 3 is 2.23 bits per heavy atom. The lowest BCUT2D eigenvalue weighted by atomic mass is 10.1. The van der Waals surface area contributed by atoms with E-state index in [9.17, 15) is 8.42 Å². The third kappa shape index (κ3) is 10.00. The predicted molar refractivity (Wildman–Crippen MR) is 94.8 cm³/mol. The molecule has 0 saturated heterocycles. The summed E-state index contributed by atoms with van der Waals surface area (Å²) in [4.78, 5) is 4.16. The number of unbranched alkanes of at least 4 members (excludes halogenated alkanes) is 1. The van der Waals surface area contributed by atoms with Crippen molar-refractivity contribution < 1.29 is 8.42 Å². The van der Waals surface area contributed by atoms with Gasteiger partial charge in [0.25, 0.3) is 0 Å². The van der Waals surface area contributed by atoms with Crippen LogP contribution in [0, 0.1) is 5.92 Å². The Kier molecular flexibility index (Phi) is 11.3. The normalized spacial score (nSPS) is 13.0. The van der Waals surface area contributed by atoms with Gasteiger partial charge in [-0.1, -0.05) is 26.7 Å². The molecule has 0 aliphatic rings. The van der Waals surface area contributed by atoms with E-state index in [0.717, 1.165) is 31.3 Å². The number of hydrogen-bond donors (Lipinski definition) is 2. The summed E-state index contributed by atoms with van der Waals surface area (Å²) in [5.74, 6) is 1.69. The van der Waals surface area contributed by atoms with Crippen molar-refractivity contribution in [1.82, 2.24) is 14.9 Å². The topological polar surface area (TPSA) is 73.8 Å². The third-order valence-corrected chi connectivity index (χ3v) is 5.37. The molecule has 0 spiro atoms. The molecule has 6 nitrogen and oxygen atoms in total. The van der Waals surface area contributed by atoms with Crippen LogP contribution in [0.5, 0.6) is 0 Å². The van der Waals surface area contributed by atoms with Crippen molar-refractivity contribution in [2.75, 3.05) is 39.5 Å². The highest BCUT2D eigenvalue weighted by molar-refractivity contribution is 7.89. The Morgan fingerprint density at radius 2 is 1.73 bits per heavy atom. The number of sulfonamides is 1. The fraction of sp³-hybridized carbons (Fsp3) is 0.933. The molecule has 0 aromatic heterocycles. The van der Waals surface area contributed by atoms with E-state index in [-0.39, 0.29) is 5.75 Å². The van der Waals surface area contributed by atoms with Gasteiger partial charge in [-0.05, 0) is 25.7 Å². The molecule has 0 aliphatic carbocycles. The molecule has 132 valence electrons. The number of hydrogen-bond acceptors (Lipinski definition) is 3. The molecule has 0 atom stereocenters. The van der Waals surface area contributed by atoms with E-state index in [2.05, 4.69) is 29.5 Å². The Balaban J connectivity index is 3.79. The lowest BCUT2D eigenvalue weighted by Gasteiger charge is -2.17. The fourth-order valence-electron chi connectivity index (χ4n) is 1.97. The smallest absolute Gasteiger partial charge is 0.213 e. The fourth-order valence-corrected chi connectivity index (χ4v) is 2.82. The van der Waals surface area contributed by atoms with Crippen molar-refractivity contribution in [3.05, 3.63) is 0 Å². The maximum atomic E-state index is 11.6. The molecular weight excluding hydrogens is 300 g/mol. The minimum Gasteiger partial charge on any atom is -0.356 e. The van der Waals surface area contributed by atoms with Crippen molar-refractivity contribution in [3.8, 4) is 0 Å². The van der Waals surface area contributed by atoms with Gasteiger partial charge in [-0.2, -0.15) is 0 Å². The minimum absolute atomic E-state index is 0.149. The Hall–Kier alpha value is -0.820. The van der Waals surface area contributed by atoms with Crippen molar-refractivity contribution in [2.45, 2.75) is 46.5 Å². The number of rotatable bonds is 11. The van der Waals surface area contributed by atoms with E-state index < -0.39 is 10.0 Å². The van der Waals surface area contributed by atoms with Crippen molar-refractivity contribution in [1.29, 1.82) is 0 Å². The summed E-state index contributed by atoms with van der Waals surface area (Å²) in [5, 5.41) is 6.49. The van der Waals surface area contributed by atoms with Gasteiger partial charge in [0, 0.05) is 33.7 Å². The lowest BCUT2D eigenvalue weighted by molar-refractivity contribution is 0.461. The molecule has 0 aromatic rings. The monoisotopic (exact) mass is 334 g/mol. The summed E-state index contributed by atoms with van der Waals surface area (Å²) in [6, 6.07) is 0. The van der Waals surface area contributed by atoms with Crippen LogP contribution in [0.15, 0.2) is 4.99 Å². The molecule has 7 heteroatoms. The van der Waals surface area contributed by atoms with Crippen LogP contribution >= 0.6 is 0 Å². The molecule has 0 heterocycles. The highest BCUT2D eigenvalue weighted by atomic mass is 32.2. The molecule has 2 N–H and O–H groups in total. The Labute approximate surface area is 136 Å². The lowest BCUT2D eigenvalue weighted by Crippen LogP contribution is -2.39. The van der Waals surface area contributed by atoms with E-state index >= 15 is 0 Å². The molecule has 0 fully saturated rings. The third-order valence-electron chi connectivity index (χ3n) is 3.51. The number of aliphatic imine (C=N–C) groups is 1. The molecular formula is C15H34N4O2S. The molecule has 0 amide bonds. The molecule has 0 aliphatic heterocycles. The van der Waals surface area contributed by atoms with Crippen LogP contribution in [0.4, 0.5) is 0 Å². The molecule has 0 aromatic carbocycles. The standard InChI is InChI=1S/C15H34N4O2S/c1-6-22(20,21)19(5)13-9-12-18-15(16-4)17-11-8-7-10-14(2)3/h14H,6-13H2,1-5H3,(H2,16,17,18). The minimum atomic E-state index is -3.07. The summed E-state index contributed by atoms with van der Waals surface area (Å²) in [5.41, 5.74) is 0. The quantitative estimate of drug-likeness (QED) is 0.342. The summed E-state index contributed by atoms with van der Waals surface area (Å²) < 4.78 is 24.6. The number of nitrogens with zero attached hydrogens (tertiary/aromatic N) is 2. The van der Waals surface area contributed by atoms with Gasteiger partial charge in [-0.15, -0.1) is 0 Å². The first kappa shape index (κ1) is 21.2. The number of guanidine groups is 1. The first-order valence-electron chi connectivity index (χ1n) is 8.22. The average molecular weight is 335 g/mol. The van der Waals surface area contributed by atoms with Crippen molar-refractivity contribution in [2.24, 2.45) is 10.9 Å². The van der Waals surface area contributed by atoms with Crippen molar-refractivity contribution >= 4 is 16.0 Å². The van der Waals surface area contributed by atoms with Gasteiger partial charge >= 0.3 is 0 Å². The zero-order valence-corrected chi connectivity index (χ0v) is 15.7. The summed E-state index contributed by atoms with van der Waals surface area (Å²) >= 11 is 0. The van der Waals surface area contributed by atoms with Gasteiger partial charge in [0.2, 0.25) is 10.0 Å². The Bertz CT molecular complexity index is 408. The summed E-state index contributed by atoms with van der Waals surface area (Å²) in [7, 11) is 0.300. The van der Waals surface area contributed by atoms with Gasteiger partial charge in [0.1, 0.15) is 0 Å². The number of nitrogens with one attached hydrogen (secondary N) is 2. The average Bonchev–Trinajstić information content (AvgIpc) is 2.48. The van der Waals surface area contributed by atoms with Crippen LogP contribution in [-0.2, 0) is 10.0 Å². The van der Waals surface area contributed by atoms with Gasteiger partial charge in [0.15, 0.2) is 5.96 Å². The van der Waals surface area contributed by atoms with E-state index in [1.165, 1.54) is 17.1 Å². The molecule has 22 heavy (non-hydrogen) atoms. The zero-order chi connectivity index (χ0) is 17.0. The van der Waals surface area contributed by atoms with Gasteiger partial charge in [-0.25, -0.2) is 12.7 Å². The first-order chi connectivity index (χ1) is 10.3. The predicted octanol–water partition coefficient (Wildman–Crippen LogP) is 1.65. The van der Waals surface area contributed by atoms with E-state index in [0.29, 0.717) is 13.1 Å². The second-order valence-electron chi connectivity index (χ2n) is 5.89. The van der Waals surface area contributed by atoms with E-state index in [4.69, 9.17) is 0 Å². The second kappa shape index (κ2) is 11.7. The molecule has 0 bridgehead atoms. The molecule has 0 saturated carbocycles. The highest BCUT2D eigenvalue weighted by Crippen LogP contribution is 2.04. The van der Waals surface area contributed by atoms with E-state index in [1.807, 2.05) is 0 Å². The van der Waals surface area contributed by atoms with Crippen LogP contribution in [-0.4, -0.2) is 58.2 Å². The Morgan fingerprint density at radius 1 is 1.14 bits per heavy atom. The molecule has 0 radical (unpaired) electrons. The van der Waals surface area contributed by atoms with Crippen LogP contribution in [0.1, 0.15) is 46.5 Å². The summed E-state index contributed by atoms with van der Waals surface area (Å²) in [6.45, 7) is 8.28. The second-order valence-corrected chi connectivity index (χ2v) is 8.26. The maximum Gasteiger partial charge on any atom is 0.213 e. The highest BCUT2D eigenvalue weighted by Gasteiger charge is 2.13. The SMILES string of the molecule is CCS(=O)(=O)N(C)CCCNC(=NC)NCCCCC(C)C.